The Morgan fingerprint density at radius 1 is 1.24 bits per heavy atom. The quantitative estimate of drug-likeness (QED) is 0.924. The number of hydrogen-bond acceptors (Lipinski definition) is 3. The van der Waals surface area contributed by atoms with E-state index in [1.54, 1.807) is 0 Å². The molecule has 0 bridgehead atoms. The fourth-order valence-corrected chi connectivity index (χ4v) is 3.39. The van der Waals surface area contributed by atoms with E-state index in [-0.39, 0.29) is 6.04 Å². The van der Waals surface area contributed by atoms with Gasteiger partial charge in [0.1, 0.15) is 0 Å². The van der Waals surface area contributed by atoms with E-state index in [2.05, 4.69) is 61.9 Å². The largest absolute Gasteiger partial charge is 0.387 e. The average Bonchev–Trinajstić information content (AvgIpc) is 2.67. The summed E-state index contributed by atoms with van der Waals surface area (Å²) >= 11 is 0. The lowest BCUT2D eigenvalue weighted by Gasteiger charge is -2.37. The Labute approximate surface area is 129 Å². The molecule has 3 heteroatoms. The van der Waals surface area contributed by atoms with Crippen LogP contribution < -0.4 is 0 Å². The molecule has 1 fully saturated rings. The molecule has 0 spiro atoms. The normalized spacial score (nSPS) is 24.5. The molecule has 1 saturated heterocycles. The smallest absolute Gasteiger partial charge is 0.0942 e. The number of aliphatic hydroxyl groups excluding tert-OH is 1. The molecule has 0 amide bonds. The van der Waals surface area contributed by atoms with Crippen molar-refractivity contribution in [2.45, 2.75) is 51.8 Å². The maximum Gasteiger partial charge on any atom is 0.0942 e. The third-order valence-electron chi connectivity index (χ3n) is 4.82. The van der Waals surface area contributed by atoms with Gasteiger partial charge in [-0.2, -0.15) is 0 Å². The van der Waals surface area contributed by atoms with Crippen molar-refractivity contribution in [2.24, 2.45) is 0 Å². The van der Waals surface area contributed by atoms with E-state index in [1.165, 1.54) is 12.0 Å². The fraction of sp³-hybridized carbons (Fsp3) is 0.667. The van der Waals surface area contributed by atoms with Gasteiger partial charge in [0.15, 0.2) is 0 Å². The van der Waals surface area contributed by atoms with Crippen molar-refractivity contribution in [3.8, 4) is 0 Å². The Morgan fingerprint density at radius 3 is 2.52 bits per heavy atom. The van der Waals surface area contributed by atoms with Crippen LogP contribution in [0, 0.1) is 6.92 Å². The lowest BCUT2D eigenvalue weighted by atomic mass is 9.99. The highest BCUT2D eigenvalue weighted by atomic mass is 16.3. The topological polar surface area (TPSA) is 26.7 Å². The van der Waals surface area contributed by atoms with Crippen LogP contribution >= 0.6 is 0 Å². The van der Waals surface area contributed by atoms with E-state index >= 15 is 0 Å². The van der Waals surface area contributed by atoms with Gasteiger partial charge in [0.05, 0.1) is 6.10 Å². The van der Waals surface area contributed by atoms with E-state index in [1.807, 2.05) is 0 Å². The third-order valence-corrected chi connectivity index (χ3v) is 4.82. The first-order valence-corrected chi connectivity index (χ1v) is 8.21. The summed E-state index contributed by atoms with van der Waals surface area (Å²) in [5, 5.41) is 10.7. The highest BCUT2D eigenvalue weighted by molar-refractivity contribution is 5.24. The van der Waals surface area contributed by atoms with Crippen molar-refractivity contribution in [3.05, 3.63) is 35.4 Å². The van der Waals surface area contributed by atoms with Crippen LogP contribution in [0.15, 0.2) is 24.3 Å². The van der Waals surface area contributed by atoms with Crippen LogP contribution in [0.2, 0.25) is 0 Å². The van der Waals surface area contributed by atoms with Crippen molar-refractivity contribution < 1.29 is 5.11 Å². The summed E-state index contributed by atoms with van der Waals surface area (Å²) in [5.74, 6) is 0. The van der Waals surface area contributed by atoms with Gasteiger partial charge in [-0.25, -0.2) is 0 Å². The molecule has 1 N–H and O–H groups in total. The second-order valence-corrected chi connectivity index (χ2v) is 6.51. The van der Waals surface area contributed by atoms with Crippen LogP contribution in [0.1, 0.15) is 43.9 Å². The molecule has 0 aromatic heterocycles. The predicted molar refractivity (Wildman–Crippen MR) is 88.5 cm³/mol. The number of benzene rings is 1. The Bertz CT molecular complexity index is 431. The molecule has 2 rings (SSSR count). The van der Waals surface area contributed by atoms with Gasteiger partial charge in [-0.1, -0.05) is 36.8 Å². The number of aryl methyl sites for hydroxylation is 1. The Balaban J connectivity index is 2.12. The van der Waals surface area contributed by atoms with Gasteiger partial charge in [-0.05, 0) is 45.8 Å². The lowest BCUT2D eigenvalue weighted by molar-refractivity contribution is 0.0318. The molecule has 0 aliphatic carbocycles. The van der Waals surface area contributed by atoms with Gasteiger partial charge < -0.3 is 10.0 Å². The van der Waals surface area contributed by atoms with Crippen molar-refractivity contribution >= 4 is 0 Å². The predicted octanol–water partition coefficient (Wildman–Crippen LogP) is 2.83. The second kappa shape index (κ2) is 7.39. The Morgan fingerprint density at radius 2 is 1.90 bits per heavy atom. The molecule has 3 nitrogen and oxygen atoms in total. The minimum atomic E-state index is -0.414. The first-order valence-electron chi connectivity index (χ1n) is 8.21. The fourth-order valence-electron chi connectivity index (χ4n) is 3.39. The summed E-state index contributed by atoms with van der Waals surface area (Å²) in [4.78, 5) is 4.92. The highest BCUT2D eigenvalue weighted by Gasteiger charge is 2.30. The molecule has 1 heterocycles. The number of hydrogen-bond donors (Lipinski definition) is 1. The summed E-state index contributed by atoms with van der Waals surface area (Å²) in [6.07, 6.45) is 1.90. The lowest BCUT2D eigenvalue weighted by Crippen LogP contribution is -2.47. The van der Waals surface area contributed by atoms with E-state index < -0.39 is 6.10 Å². The Kier molecular flexibility index (Phi) is 5.80. The maximum atomic E-state index is 10.7. The highest BCUT2D eigenvalue weighted by Crippen LogP contribution is 2.25. The molecular weight excluding hydrogens is 260 g/mol. The molecule has 3 atom stereocenters. The van der Waals surface area contributed by atoms with E-state index in [9.17, 15) is 5.11 Å². The van der Waals surface area contributed by atoms with Crippen molar-refractivity contribution in [1.82, 2.24) is 9.80 Å². The standard InChI is InChI=1S/C18H30N2O/c1-5-17-13-19(4)11-6-12-20(17)15(3)18(21)16-9-7-14(2)8-10-16/h7-10,15,17-18,21H,5-6,11-13H2,1-4H3. The third kappa shape index (κ3) is 4.06. The molecule has 1 aromatic carbocycles. The van der Waals surface area contributed by atoms with Gasteiger partial charge in [-0.3, -0.25) is 4.90 Å². The first kappa shape index (κ1) is 16.5. The average molecular weight is 290 g/mol. The second-order valence-electron chi connectivity index (χ2n) is 6.51. The van der Waals surface area contributed by atoms with Gasteiger partial charge >= 0.3 is 0 Å². The SMILES string of the molecule is CCC1CN(C)CCCN1C(C)C(O)c1ccc(C)cc1. The molecule has 0 saturated carbocycles. The summed E-state index contributed by atoms with van der Waals surface area (Å²) in [7, 11) is 2.20. The minimum Gasteiger partial charge on any atom is -0.387 e. The van der Waals surface area contributed by atoms with Crippen LogP contribution in [0.5, 0.6) is 0 Å². The number of aliphatic hydroxyl groups is 1. The van der Waals surface area contributed by atoms with Crippen molar-refractivity contribution in [1.29, 1.82) is 0 Å². The van der Waals surface area contributed by atoms with Crippen LogP contribution in [0.25, 0.3) is 0 Å². The van der Waals surface area contributed by atoms with Gasteiger partial charge in [-0.15, -0.1) is 0 Å². The van der Waals surface area contributed by atoms with Gasteiger partial charge in [0, 0.05) is 25.2 Å². The molecule has 21 heavy (non-hydrogen) atoms. The molecular formula is C18H30N2O. The number of likely N-dealkylation sites (N-methyl/N-ethyl adjacent to an activating group) is 1. The number of rotatable bonds is 4. The van der Waals surface area contributed by atoms with Gasteiger partial charge in [0.25, 0.3) is 0 Å². The molecule has 118 valence electrons. The Hall–Kier alpha value is -0.900. The molecule has 1 aromatic rings. The zero-order chi connectivity index (χ0) is 15.4. The van der Waals surface area contributed by atoms with Crippen LogP contribution in [0.4, 0.5) is 0 Å². The molecule has 0 radical (unpaired) electrons. The van der Waals surface area contributed by atoms with Gasteiger partial charge in [0.2, 0.25) is 0 Å². The zero-order valence-corrected chi connectivity index (χ0v) is 13.9. The van der Waals surface area contributed by atoms with E-state index in [4.69, 9.17) is 0 Å². The minimum absolute atomic E-state index is 0.157. The molecule has 3 unspecified atom stereocenters. The summed E-state index contributed by atoms with van der Waals surface area (Å²) in [6, 6.07) is 8.97. The molecule has 1 aliphatic heterocycles. The van der Waals surface area contributed by atoms with E-state index in [0.29, 0.717) is 6.04 Å². The van der Waals surface area contributed by atoms with Crippen LogP contribution in [-0.2, 0) is 0 Å². The summed E-state index contributed by atoms with van der Waals surface area (Å²) in [5.41, 5.74) is 2.27. The molecule has 1 aliphatic rings. The number of nitrogens with zero attached hydrogens (tertiary/aromatic N) is 2. The first-order chi connectivity index (χ1) is 10.0. The van der Waals surface area contributed by atoms with Crippen molar-refractivity contribution in [3.63, 3.8) is 0 Å². The van der Waals surface area contributed by atoms with Crippen molar-refractivity contribution in [2.75, 3.05) is 26.7 Å². The van der Waals surface area contributed by atoms with Crippen LogP contribution in [-0.4, -0.2) is 53.7 Å². The van der Waals surface area contributed by atoms with Crippen LogP contribution in [0.3, 0.4) is 0 Å². The van der Waals surface area contributed by atoms with E-state index in [0.717, 1.165) is 31.6 Å². The zero-order valence-electron chi connectivity index (χ0n) is 13.9. The summed E-state index contributed by atoms with van der Waals surface area (Å²) < 4.78 is 0. The summed E-state index contributed by atoms with van der Waals surface area (Å²) in [6.45, 7) is 9.83. The maximum absolute atomic E-state index is 10.7. The monoisotopic (exact) mass is 290 g/mol.